The lowest BCUT2D eigenvalue weighted by atomic mass is 9.94. The molecule has 0 radical (unpaired) electrons. The Kier molecular flexibility index (Phi) is 5.19. The van der Waals surface area contributed by atoms with Crippen LogP contribution in [0, 0.1) is 20.8 Å². The summed E-state index contributed by atoms with van der Waals surface area (Å²) in [4.78, 5) is 4.89. The van der Waals surface area contributed by atoms with Crippen LogP contribution in [-0.2, 0) is 6.42 Å². The summed E-state index contributed by atoms with van der Waals surface area (Å²) in [6.07, 6.45) is 0.990. The Labute approximate surface area is 123 Å². The zero-order chi connectivity index (χ0) is 14.7. The van der Waals surface area contributed by atoms with Gasteiger partial charge in [0.15, 0.2) is 0 Å². The Morgan fingerprint density at radius 2 is 1.60 bits per heavy atom. The number of hydrogen-bond donors (Lipinski definition) is 1. The van der Waals surface area contributed by atoms with Gasteiger partial charge in [0, 0.05) is 38.8 Å². The van der Waals surface area contributed by atoms with Crippen LogP contribution in [0.2, 0.25) is 0 Å². The van der Waals surface area contributed by atoms with Crippen LogP contribution in [0.15, 0.2) is 12.1 Å². The first-order chi connectivity index (χ1) is 9.45. The molecule has 2 N–H and O–H groups in total. The molecular weight excluding hydrogens is 246 g/mol. The first kappa shape index (κ1) is 15.5. The van der Waals surface area contributed by atoms with Crippen LogP contribution in [0.25, 0.3) is 0 Å². The van der Waals surface area contributed by atoms with Crippen molar-refractivity contribution in [1.29, 1.82) is 0 Å². The van der Waals surface area contributed by atoms with E-state index in [2.05, 4.69) is 49.8 Å². The Morgan fingerprint density at radius 3 is 2.15 bits per heavy atom. The van der Waals surface area contributed by atoms with Gasteiger partial charge in [-0.25, -0.2) is 0 Å². The normalized spacial score (nSPS) is 19.2. The van der Waals surface area contributed by atoms with E-state index >= 15 is 0 Å². The second kappa shape index (κ2) is 6.70. The first-order valence-electron chi connectivity index (χ1n) is 7.69. The highest BCUT2D eigenvalue weighted by Crippen LogP contribution is 2.18. The summed E-state index contributed by atoms with van der Waals surface area (Å²) in [5, 5.41) is 0. The average molecular weight is 275 g/mol. The number of rotatable bonds is 4. The molecule has 1 aromatic carbocycles. The molecular formula is C17H29N3. The van der Waals surface area contributed by atoms with Gasteiger partial charge in [0.2, 0.25) is 0 Å². The number of nitrogens with zero attached hydrogens (tertiary/aromatic N) is 2. The van der Waals surface area contributed by atoms with Gasteiger partial charge in [-0.1, -0.05) is 17.7 Å². The van der Waals surface area contributed by atoms with E-state index in [-0.39, 0.29) is 6.04 Å². The fourth-order valence-corrected chi connectivity index (χ4v) is 3.22. The molecule has 3 nitrogen and oxygen atoms in total. The third kappa shape index (κ3) is 4.05. The van der Waals surface area contributed by atoms with E-state index in [4.69, 9.17) is 5.73 Å². The maximum Gasteiger partial charge on any atom is 0.0208 e. The van der Waals surface area contributed by atoms with Gasteiger partial charge in [-0.2, -0.15) is 0 Å². The predicted molar refractivity (Wildman–Crippen MR) is 86.3 cm³/mol. The van der Waals surface area contributed by atoms with Crippen molar-refractivity contribution in [2.75, 3.05) is 39.8 Å². The van der Waals surface area contributed by atoms with Gasteiger partial charge in [-0.15, -0.1) is 0 Å². The highest BCUT2D eigenvalue weighted by atomic mass is 15.2. The molecule has 0 saturated carbocycles. The largest absolute Gasteiger partial charge is 0.326 e. The zero-order valence-corrected chi connectivity index (χ0v) is 13.4. The highest BCUT2D eigenvalue weighted by Gasteiger charge is 2.17. The van der Waals surface area contributed by atoms with Crippen LogP contribution in [0.1, 0.15) is 22.3 Å². The van der Waals surface area contributed by atoms with E-state index in [9.17, 15) is 0 Å². The lowest BCUT2D eigenvalue weighted by Gasteiger charge is -2.34. The lowest BCUT2D eigenvalue weighted by Crippen LogP contribution is -2.49. The fourth-order valence-electron chi connectivity index (χ4n) is 3.22. The standard InChI is InChI=1S/C17H29N3/c1-13-9-14(2)17(15(3)10-13)11-16(18)12-20-7-5-19(4)6-8-20/h9-10,16H,5-8,11-12,18H2,1-4H3. The van der Waals surface area contributed by atoms with Crippen LogP contribution in [0.3, 0.4) is 0 Å². The summed E-state index contributed by atoms with van der Waals surface area (Å²) < 4.78 is 0. The van der Waals surface area contributed by atoms with Crippen LogP contribution in [0.4, 0.5) is 0 Å². The summed E-state index contributed by atoms with van der Waals surface area (Å²) in [6.45, 7) is 12.2. The van der Waals surface area contributed by atoms with Gasteiger partial charge >= 0.3 is 0 Å². The van der Waals surface area contributed by atoms with Crippen molar-refractivity contribution >= 4 is 0 Å². The topological polar surface area (TPSA) is 32.5 Å². The van der Waals surface area contributed by atoms with E-state index in [1.54, 1.807) is 0 Å². The highest BCUT2D eigenvalue weighted by molar-refractivity contribution is 5.38. The van der Waals surface area contributed by atoms with E-state index < -0.39 is 0 Å². The molecule has 1 aliphatic heterocycles. The maximum absolute atomic E-state index is 6.39. The van der Waals surface area contributed by atoms with E-state index in [1.165, 1.54) is 22.3 Å². The Hall–Kier alpha value is -0.900. The molecule has 1 aromatic rings. The molecule has 20 heavy (non-hydrogen) atoms. The van der Waals surface area contributed by atoms with Crippen molar-refractivity contribution in [3.05, 3.63) is 34.4 Å². The molecule has 2 rings (SSSR count). The average Bonchev–Trinajstić information content (AvgIpc) is 2.36. The van der Waals surface area contributed by atoms with Crippen molar-refractivity contribution < 1.29 is 0 Å². The summed E-state index contributed by atoms with van der Waals surface area (Å²) in [5.74, 6) is 0. The van der Waals surface area contributed by atoms with Crippen LogP contribution < -0.4 is 5.73 Å². The van der Waals surface area contributed by atoms with E-state index in [1.807, 2.05) is 0 Å². The minimum atomic E-state index is 0.235. The summed E-state index contributed by atoms with van der Waals surface area (Å²) in [5.41, 5.74) is 11.9. The molecule has 1 heterocycles. The Balaban J connectivity index is 1.93. The van der Waals surface area contributed by atoms with Crippen molar-refractivity contribution in [3.63, 3.8) is 0 Å². The minimum absolute atomic E-state index is 0.235. The molecule has 112 valence electrons. The monoisotopic (exact) mass is 275 g/mol. The second-order valence-electron chi connectivity index (χ2n) is 6.45. The van der Waals surface area contributed by atoms with Gasteiger partial charge in [-0.05, 0) is 50.9 Å². The maximum atomic E-state index is 6.39. The van der Waals surface area contributed by atoms with Gasteiger partial charge in [0.1, 0.15) is 0 Å². The van der Waals surface area contributed by atoms with Gasteiger partial charge in [0.25, 0.3) is 0 Å². The zero-order valence-electron chi connectivity index (χ0n) is 13.4. The van der Waals surface area contributed by atoms with Crippen LogP contribution in [0.5, 0.6) is 0 Å². The van der Waals surface area contributed by atoms with E-state index in [0.717, 1.165) is 39.1 Å². The predicted octanol–water partition coefficient (Wildman–Crippen LogP) is 1.73. The molecule has 1 saturated heterocycles. The molecule has 0 amide bonds. The van der Waals surface area contributed by atoms with Gasteiger partial charge in [0.05, 0.1) is 0 Å². The van der Waals surface area contributed by atoms with Gasteiger partial charge in [-0.3, -0.25) is 4.90 Å². The van der Waals surface area contributed by atoms with Gasteiger partial charge < -0.3 is 10.6 Å². The number of aryl methyl sites for hydroxylation is 3. The molecule has 1 fully saturated rings. The van der Waals surface area contributed by atoms with Crippen molar-refractivity contribution in [3.8, 4) is 0 Å². The lowest BCUT2D eigenvalue weighted by molar-refractivity contribution is 0.147. The summed E-state index contributed by atoms with van der Waals surface area (Å²) in [6, 6.07) is 4.77. The SMILES string of the molecule is Cc1cc(C)c(CC(N)CN2CCN(C)CC2)c(C)c1. The number of hydrogen-bond acceptors (Lipinski definition) is 3. The Bertz CT molecular complexity index is 425. The molecule has 1 aliphatic rings. The van der Waals surface area contributed by atoms with E-state index in [0.29, 0.717) is 0 Å². The van der Waals surface area contributed by atoms with Crippen LogP contribution >= 0.6 is 0 Å². The third-order valence-corrected chi connectivity index (χ3v) is 4.40. The second-order valence-corrected chi connectivity index (χ2v) is 6.45. The van der Waals surface area contributed by atoms with Crippen molar-refractivity contribution in [1.82, 2.24) is 9.80 Å². The fraction of sp³-hybridized carbons (Fsp3) is 0.647. The first-order valence-corrected chi connectivity index (χ1v) is 7.69. The molecule has 0 bridgehead atoms. The Morgan fingerprint density at radius 1 is 1.05 bits per heavy atom. The quantitative estimate of drug-likeness (QED) is 0.908. The molecule has 0 aliphatic carbocycles. The number of piperazine rings is 1. The summed E-state index contributed by atoms with van der Waals surface area (Å²) in [7, 11) is 2.19. The molecule has 1 atom stereocenters. The number of benzene rings is 1. The molecule has 0 spiro atoms. The van der Waals surface area contributed by atoms with Crippen molar-refractivity contribution in [2.45, 2.75) is 33.2 Å². The summed E-state index contributed by atoms with van der Waals surface area (Å²) >= 11 is 0. The van der Waals surface area contributed by atoms with Crippen LogP contribution in [-0.4, -0.2) is 55.6 Å². The smallest absolute Gasteiger partial charge is 0.0208 e. The third-order valence-electron chi connectivity index (χ3n) is 4.40. The number of likely N-dealkylation sites (N-methyl/N-ethyl adjacent to an activating group) is 1. The number of nitrogens with two attached hydrogens (primary N) is 1. The molecule has 1 unspecified atom stereocenters. The van der Waals surface area contributed by atoms with Crippen molar-refractivity contribution in [2.24, 2.45) is 5.73 Å². The molecule has 3 heteroatoms. The molecule has 0 aromatic heterocycles. The minimum Gasteiger partial charge on any atom is -0.326 e.